The molecular weight excluding hydrogens is 212 g/mol. The average molecular weight is 234 g/mol. The van der Waals surface area contributed by atoms with E-state index in [0.717, 1.165) is 23.5 Å². The standard InChI is InChI=1S/C15H22O2/c1-11-7-8-15(14(9-11)12(2)16)17-10-13-5-3-4-6-13/h7-9,12-13,16H,3-6,10H2,1-2H3/t12-/m1/s1. The van der Waals surface area contributed by atoms with Crippen LogP contribution in [-0.4, -0.2) is 11.7 Å². The highest BCUT2D eigenvalue weighted by atomic mass is 16.5. The van der Waals surface area contributed by atoms with Crippen molar-refractivity contribution in [1.82, 2.24) is 0 Å². The molecule has 0 spiro atoms. The van der Waals surface area contributed by atoms with Crippen molar-refractivity contribution in [3.63, 3.8) is 0 Å². The Kier molecular flexibility index (Phi) is 4.06. The highest BCUT2D eigenvalue weighted by molar-refractivity contribution is 5.38. The quantitative estimate of drug-likeness (QED) is 0.862. The van der Waals surface area contributed by atoms with Crippen molar-refractivity contribution in [3.05, 3.63) is 29.3 Å². The van der Waals surface area contributed by atoms with Gasteiger partial charge < -0.3 is 9.84 Å². The largest absolute Gasteiger partial charge is 0.493 e. The number of aryl methyl sites for hydroxylation is 1. The van der Waals surface area contributed by atoms with Crippen LogP contribution in [0, 0.1) is 12.8 Å². The molecule has 0 bridgehead atoms. The van der Waals surface area contributed by atoms with Crippen LogP contribution in [0.3, 0.4) is 0 Å². The van der Waals surface area contributed by atoms with Gasteiger partial charge in [-0.2, -0.15) is 0 Å². The molecule has 0 aliphatic heterocycles. The van der Waals surface area contributed by atoms with Gasteiger partial charge in [0.05, 0.1) is 12.7 Å². The molecule has 0 radical (unpaired) electrons. The van der Waals surface area contributed by atoms with E-state index in [1.54, 1.807) is 6.92 Å². The zero-order chi connectivity index (χ0) is 12.3. The number of hydrogen-bond acceptors (Lipinski definition) is 2. The zero-order valence-corrected chi connectivity index (χ0v) is 10.8. The van der Waals surface area contributed by atoms with E-state index in [9.17, 15) is 5.11 Å². The molecule has 17 heavy (non-hydrogen) atoms. The van der Waals surface area contributed by atoms with Crippen molar-refractivity contribution in [1.29, 1.82) is 0 Å². The third kappa shape index (κ3) is 3.22. The Morgan fingerprint density at radius 2 is 2.06 bits per heavy atom. The predicted octanol–water partition coefficient (Wildman–Crippen LogP) is 3.62. The second kappa shape index (κ2) is 5.54. The van der Waals surface area contributed by atoms with Gasteiger partial charge in [0.1, 0.15) is 5.75 Å². The number of aliphatic hydroxyl groups excluding tert-OH is 1. The Hall–Kier alpha value is -1.02. The van der Waals surface area contributed by atoms with Gasteiger partial charge in [-0.05, 0) is 44.7 Å². The summed E-state index contributed by atoms with van der Waals surface area (Å²) in [5, 5.41) is 9.74. The van der Waals surface area contributed by atoms with Crippen LogP contribution in [0.4, 0.5) is 0 Å². The molecule has 0 aromatic heterocycles. The fourth-order valence-corrected chi connectivity index (χ4v) is 2.51. The molecule has 0 saturated heterocycles. The minimum absolute atomic E-state index is 0.464. The Labute approximate surface area is 104 Å². The van der Waals surface area contributed by atoms with Crippen LogP contribution in [0.25, 0.3) is 0 Å². The first kappa shape index (κ1) is 12.4. The smallest absolute Gasteiger partial charge is 0.125 e. The zero-order valence-electron chi connectivity index (χ0n) is 10.8. The van der Waals surface area contributed by atoms with Gasteiger partial charge in [-0.15, -0.1) is 0 Å². The average Bonchev–Trinajstić information content (AvgIpc) is 2.80. The maximum atomic E-state index is 9.74. The SMILES string of the molecule is Cc1ccc(OCC2CCCC2)c([C@@H](C)O)c1. The summed E-state index contributed by atoms with van der Waals surface area (Å²) in [6.07, 6.45) is 4.79. The van der Waals surface area contributed by atoms with Crippen molar-refractivity contribution in [2.75, 3.05) is 6.61 Å². The number of aliphatic hydroxyl groups is 1. The van der Waals surface area contributed by atoms with Gasteiger partial charge in [-0.25, -0.2) is 0 Å². The van der Waals surface area contributed by atoms with E-state index in [4.69, 9.17) is 4.74 Å². The van der Waals surface area contributed by atoms with Crippen molar-refractivity contribution < 1.29 is 9.84 Å². The van der Waals surface area contributed by atoms with E-state index >= 15 is 0 Å². The molecule has 2 rings (SSSR count). The van der Waals surface area contributed by atoms with Crippen molar-refractivity contribution >= 4 is 0 Å². The Bertz CT molecular complexity index is 365. The van der Waals surface area contributed by atoms with Crippen LogP contribution in [0.5, 0.6) is 5.75 Å². The minimum atomic E-state index is -0.464. The topological polar surface area (TPSA) is 29.5 Å². The van der Waals surface area contributed by atoms with Crippen LogP contribution in [0.1, 0.15) is 49.8 Å². The molecule has 0 amide bonds. The lowest BCUT2D eigenvalue weighted by atomic mass is 10.1. The van der Waals surface area contributed by atoms with Crippen LogP contribution in [-0.2, 0) is 0 Å². The number of ether oxygens (including phenoxy) is 1. The molecule has 2 heteroatoms. The molecule has 1 atom stereocenters. The molecule has 1 aliphatic carbocycles. The molecule has 1 N–H and O–H groups in total. The van der Waals surface area contributed by atoms with Crippen LogP contribution < -0.4 is 4.74 Å². The summed E-state index contributed by atoms with van der Waals surface area (Å²) < 4.78 is 5.88. The predicted molar refractivity (Wildman–Crippen MR) is 69.3 cm³/mol. The summed E-state index contributed by atoms with van der Waals surface area (Å²) in [4.78, 5) is 0. The lowest BCUT2D eigenvalue weighted by Crippen LogP contribution is -2.10. The van der Waals surface area contributed by atoms with E-state index < -0.39 is 6.10 Å². The van der Waals surface area contributed by atoms with E-state index in [0.29, 0.717) is 5.92 Å². The summed E-state index contributed by atoms with van der Waals surface area (Å²) >= 11 is 0. The van der Waals surface area contributed by atoms with Gasteiger partial charge in [0, 0.05) is 5.56 Å². The Morgan fingerprint density at radius 3 is 2.71 bits per heavy atom. The Balaban J connectivity index is 2.03. The Morgan fingerprint density at radius 1 is 1.35 bits per heavy atom. The van der Waals surface area contributed by atoms with E-state index in [1.165, 1.54) is 25.7 Å². The number of benzene rings is 1. The fraction of sp³-hybridized carbons (Fsp3) is 0.600. The second-order valence-electron chi connectivity index (χ2n) is 5.18. The van der Waals surface area contributed by atoms with Gasteiger partial charge >= 0.3 is 0 Å². The normalized spacial score (nSPS) is 18.3. The third-order valence-electron chi connectivity index (χ3n) is 3.56. The first-order valence-electron chi connectivity index (χ1n) is 6.58. The second-order valence-corrected chi connectivity index (χ2v) is 5.18. The lowest BCUT2D eigenvalue weighted by Gasteiger charge is -2.16. The first-order valence-corrected chi connectivity index (χ1v) is 6.58. The summed E-state index contributed by atoms with van der Waals surface area (Å²) in [7, 11) is 0. The summed E-state index contributed by atoms with van der Waals surface area (Å²) in [6, 6.07) is 6.02. The van der Waals surface area contributed by atoms with Crippen molar-refractivity contribution in [2.45, 2.75) is 45.6 Å². The molecule has 2 nitrogen and oxygen atoms in total. The molecule has 1 aliphatic rings. The van der Waals surface area contributed by atoms with E-state index in [2.05, 4.69) is 0 Å². The summed E-state index contributed by atoms with van der Waals surface area (Å²) in [6.45, 7) is 4.62. The minimum Gasteiger partial charge on any atom is -0.493 e. The summed E-state index contributed by atoms with van der Waals surface area (Å²) in [5.74, 6) is 1.55. The fourth-order valence-electron chi connectivity index (χ4n) is 2.51. The monoisotopic (exact) mass is 234 g/mol. The maximum Gasteiger partial charge on any atom is 0.125 e. The maximum absolute atomic E-state index is 9.74. The van der Waals surface area contributed by atoms with Gasteiger partial charge in [-0.3, -0.25) is 0 Å². The molecule has 1 aromatic rings. The van der Waals surface area contributed by atoms with Gasteiger partial charge in [-0.1, -0.05) is 24.5 Å². The number of hydrogen-bond donors (Lipinski definition) is 1. The van der Waals surface area contributed by atoms with E-state index in [-0.39, 0.29) is 0 Å². The van der Waals surface area contributed by atoms with Gasteiger partial charge in [0.25, 0.3) is 0 Å². The highest BCUT2D eigenvalue weighted by Crippen LogP contribution is 2.29. The molecule has 0 unspecified atom stereocenters. The molecule has 1 fully saturated rings. The summed E-state index contributed by atoms with van der Waals surface area (Å²) in [5.41, 5.74) is 2.07. The molecule has 1 aromatic carbocycles. The van der Waals surface area contributed by atoms with Crippen LogP contribution >= 0.6 is 0 Å². The van der Waals surface area contributed by atoms with Gasteiger partial charge in [0.2, 0.25) is 0 Å². The first-order chi connectivity index (χ1) is 8.16. The van der Waals surface area contributed by atoms with Crippen molar-refractivity contribution in [2.24, 2.45) is 5.92 Å². The van der Waals surface area contributed by atoms with E-state index in [1.807, 2.05) is 25.1 Å². The highest BCUT2D eigenvalue weighted by Gasteiger charge is 2.17. The molecular formula is C15H22O2. The number of rotatable bonds is 4. The lowest BCUT2D eigenvalue weighted by molar-refractivity contribution is 0.186. The molecule has 0 heterocycles. The third-order valence-corrected chi connectivity index (χ3v) is 3.56. The molecule has 94 valence electrons. The van der Waals surface area contributed by atoms with Crippen LogP contribution in [0.2, 0.25) is 0 Å². The van der Waals surface area contributed by atoms with Gasteiger partial charge in [0.15, 0.2) is 0 Å². The molecule has 1 saturated carbocycles. The van der Waals surface area contributed by atoms with Crippen LogP contribution in [0.15, 0.2) is 18.2 Å². The van der Waals surface area contributed by atoms with Crippen molar-refractivity contribution in [3.8, 4) is 5.75 Å².